The molecule has 0 aliphatic heterocycles. The Labute approximate surface area is 107 Å². The van der Waals surface area contributed by atoms with Gasteiger partial charge in [-0.1, -0.05) is 6.07 Å². The Hall–Kier alpha value is -2.28. The number of nitrogen functional groups attached to an aromatic ring is 1. The van der Waals surface area contributed by atoms with Gasteiger partial charge in [0.25, 0.3) is 0 Å². The highest BCUT2D eigenvalue weighted by molar-refractivity contribution is 5.61. The maximum atomic E-state index is 13.7. The summed E-state index contributed by atoms with van der Waals surface area (Å²) < 4.78 is 40.1. The quantitative estimate of drug-likeness (QED) is 0.663. The van der Waals surface area contributed by atoms with Crippen LogP contribution in [-0.4, -0.2) is 12.0 Å². The first-order chi connectivity index (χ1) is 9.02. The van der Waals surface area contributed by atoms with Gasteiger partial charge < -0.3 is 10.3 Å². The molecule has 0 saturated heterocycles. The molecule has 1 aromatic heterocycles. The minimum atomic E-state index is -0.906. The van der Waals surface area contributed by atoms with Gasteiger partial charge in [-0.05, 0) is 18.2 Å². The highest BCUT2D eigenvalue weighted by Crippen LogP contribution is 2.27. The van der Waals surface area contributed by atoms with Gasteiger partial charge in [0.1, 0.15) is 5.82 Å². The topological polar surface area (TPSA) is 54.2 Å². The zero-order valence-corrected chi connectivity index (χ0v) is 9.99. The Kier molecular flexibility index (Phi) is 3.57. The average molecular weight is 268 g/mol. The summed E-state index contributed by atoms with van der Waals surface area (Å²) in [6.07, 6.45) is 0. The fourth-order valence-electron chi connectivity index (χ4n) is 1.60. The fraction of sp³-hybridized carbons (Fsp3) is 0.0833. The van der Waals surface area contributed by atoms with E-state index in [2.05, 4.69) is 4.98 Å². The average Bonchev–Trinajstić information content (AvgIpc) is 2.38. The van der Waals surface area contributed by atoms with Crippen molar-refractivity contribution < 1.29 is 13.2 Å². The van der Waals surface area contributed by atoms with Crippen LogP contribution in [0.5, 0.6) is 0 Å². The predicted octanol–water partition coefficient (Wildman–Crippen LogP) is 2.55. The van der Waals surface area contributed by atoms with Crippen molar-refractivity contribution in [2.24, 2.45) is 5.84 Å². The van der Waals surface area contributed by atoms with Crippen LogP contribution in [0.25, 0.3) is 0 Å². The van der Waals surface area contributed by atoms with Gasteiger partial charge in [0, 0.05) is 18.8 Å². The first kappa shape index (κ1) is 13.2. The van der Waals surface area contributed by atoms with Gasteiger partial charge >= 0.3 is 0 Å². The number of halogens is 3. The highest BCUT2D eigenvalue weighted by Gasteiger charge is 2.16. The molecule has 0 bridgehead atoms. The standard InChI is InChI=1S/C12H11F3N4/c1-19(8-4-2-3-7(13)5-8)12-10(15)6-9(14)11(17-12)18-16/h2-6H,16H2,1H3,(H,17,18). The van der Waals surface area contributed by atoms with Crippen LogP contribution in [0.1, 0.15) is 0 Å². The van der Waals surface area contributed by atoms with Gasteiger partial charge in [-0.25, -0.2) is 24.0 Å². The molecule has 0 unspecified atom stereocenters. The van der Waals surface area contributed by atoms with E-state index in [0.717, 1.165) is 0 Å². The maximum absolute atomic E-state index is 13.7. The van der Waals surface area contributed by atoms with Gasteiger partial charge in [0.2, 0.25) is 0 Å². The second-order valence-electron chi connectivity index (χ2n) is 3.81. The van der Waals surface area contributed by atoms with Crippen LogP contribution in [0, 0.1) is 17.5 Å². The van der Waals surface area contributed by atoms with Gasteiger partial charge in [0.05, 0.1) is 0 Å². The molecule has 7 heteroatoms. The number of rotatable bonds is 3. The van der Waals surface area contributed by atoms with E-state index in [9.17, 15) is 13.2 Å². The lowest BCUT2D eigenvalue weighted by Crippen LogP contribution is -2.17. The molecule has 0 spiro atoms. The molecule has 2 aromatic rings. The zero-order chi connectivity index (χ0) is 14.0. The number of anilines is 3. The molecule has 1 aromatic carbocycles. The van der Waals surface area contributed by atoms with Crippen LogP contribution < -0.4 is 16.2 Å². The molecule has 1 heterocycles. The predicted molar refractivity (Wildman–Crippen MR) is 66.4 cm³/mol. The van der Waals surface area contributed by atoms with Crippen molar-refractivity contribution in [1.29, 1.82) is 0 Å². The van der Waals surface area contributed by atoms with Crippen LogP contribution in [0.3, 0.4) is 0 Å². The third-order valence-electron chi connectivity index (χ3n) is 2.56. The van der Waals surface area contributed by atoms with Crippen molar-refractivity contribution in [2.45, 2.75) is 0 Å². The largest absolute Gasteiger partial charge is 0.327 e. The number of aromatic nitrogens is 1. The summed E-state index contributed by atoms with van der Waals surface area (Å²) in [5.41, 5.74) is 2.40. The normalized spacial score (nSPS) is 10.4. The van der Waals surface area contributed by atoms with Gasteiger partial charge in [0.15, 0.2) is 23.3 Å². The van der Waals surface area contributed by atoms with Crippen molar-refractivity contribution in [3.05, 3.63) is 47.8 Å². The van der Waals surface area contributed by atoms with E-state index >= 15 is 0 Å². The lowest BCUT2D eigenvalue weighted by atomic mass is 10.3. The van der Waals surface area contributed by atoms with Gasteiger partial charge in [-0.3, -0.25) is 0 Å². The van der Waals surface area contributed by atoms with Crippen molar-refractivity contribution >= 4 is 17.3 Å². The second kappa shape index (κ2) is 5.15. The van der Waals surface area contributed by atoms with Crippen LogP contribution in [0.4, 0.5) is 30.5 Å². The van der Waals surface area contributed by atoms with Gasteiger partial charge in [-0.15, -0.1) is 0 Å². The lowest BCUT2D eigenvalue weighted by molar-refractivity contribution is 0.576. The van der Waals surface area contributed by atoms with E-state index in [1.807, 2.05) is 5.43 Å². The molecule has 19 heavy (non-hydrogen) atoms. The van der Waals surface area contributed by atoms with E-state index < -0.39 is 17.5 Å². The molecule has 4 nitrogen and oxygen atoms in total. The van der Waals surface area contributed by atoms with Crippen LogP contribution >= 0.6 is 0 Å². The molecular formula is C12H11F3N4. The second-order valence-corrected chi connectivity index (χ2v) is 3.81. The summed E-state index contributed by atoms with van der Waals surface area (Å²) in [5, 5.41) is 0. The monoisotopic (exact) mass is 268 g/mol. The summed E-state index contributed by atoms with van der Waals surface area (Å²) in [4.78, 5) is 5.00. The summed E-state index contributed by atoms with van der Waals surface area (Å²) >= 11 is 0. The van der Waals surface area contributed by atoms with E-state index in [0.29, 0.717) is 11.8 Å². The van der Waals surface area contributed by atoms with Crippen molar-refractivity contribution in [3.8, 4) is 0 Å². The Morgan fingerprint density at radius 1 is 1.16 bits per heavy atom. The Balaban J connectivity index is 2.46. The van der Waals surface area contributed by atoms with Crippen LogP contribution in [0.15, 0.2) is 30.3 Å². The van der Waals surface area contributed by atoms with Crippen molar-refractivity contribution in [1.82, 2.24) is 4.98 Å². The molecule has 0 saturated carbocycles. The Bertz CT molecular complexity index is 604. The summed E-state index contributed by atoms with van der Waals surface area (Å²) in [7, 11) is 1.48. The summed E-state index contributed by atoms with van der Waals surface area (Å²) in [6, 6.07) is 6.18. The number of hydrogen-bond acceptors (Lipinski definition) is 4. The molecule has 0 fully saturated rings. The van der Waals surface area contributed by atoms with Gasteiger partial charge in [-0.2, -0.15) is 0 Å². The summed E-state index contributed by atoms with van der Waals surface area (Å²) in [5.74, 6) is 2.37. The minimum absolute atomic E-state index is 0.167. The molecule has 0 aliphatic rings. The number of benzene rings is 1. The number of hydrogen-bond donors (Lipinski definition) is 2. The molecule has 0 atom stereocenters. The molecular weight excluding hydrogens is 257 g/mol. The number of pyridine rings is 1. The minimum Gasteiger partial charge on any atom is -0.327 e. The third-order valence-corrected chi connectivity index (χ3v) is 2.56. The molecule has 3 N–H and O–H groups in total. The highest BCUT2D eigenvalue weighted by atomic mass is 19.1. The van der Waals surface area contributed by atoms with E-state index in [4.69, 9.17) is 5.84 Å². The maximum Gasteiger partial charge on any atom is 0.178 e. The Morgan fingerprint density at radius 2 is 1.89 bits per heavy atom. The van der Waals surface area contributed by atoms with Crippen molar-refractivity contribution in [2.75, 3.05) is 17.4 Å². The SMILES string of the molecule is CN(c1cccc(F)c1)c1nc(NN)c(F)cc1F. The third kappa shape index (κ3) is 2.60. The van der Waals surface area contributed by atoms with E-state index in [1.54, 1.807) is 6.07 Å². The zero-order valence-electron chi connectivity index (χ0n) is 9.99. The first-order valence-electron chi connectivity index (χ1n) is 5.35. The number of nitrogens with zero attached hydrogens (tertiary/aromatic N) is 2. The van der Waals surface area contributed by atoms with E-state index in [-0.39, 0.29) is 11.6 Å². The Morgan fingerprint density at radius 3 is 2.53 bits per heavy atom. The number of hydrazine groups is 1. The number of nitrogens with one attached hydrogen (secondary N) is 1. The smallest absolute Gasteiger partial charge is 0.178 e. The lowest BCUT2D eigenvalue weighted by Gasteiger charge is -2.19. The molecule has 0 amide bonds. The van der Waals surface area contributed by atoms with Crippen molar-refractivity contribution in [3.63, 3.8) is 0 Å². The van der Waals surface area contributed by atoms with E-state index in [1.165, 1.54) is 30.1 Å². The van der Waals surface area contributed by atoms with Crippen LogP contribution in [-0.2, 0) is 0 Å². The molecule has 0 aliphatic carbocycles. The molecule has 100 valence electrons. The first-order valence-corrected chi connectivity index (χ1v) is 5.35. The molecule has 2 rings (SSSR count). The molecule has 0 radical (unpaired) electrons. The fourth-order valence-corrected chi connectivity index (χ4v) is 1.60. The number of nitrogens with two attached hydrogens (primary N) is 1. The summed E-state index contributed by atoms with van der Waals surface area (Å²) in [6.45, 7) is 0. The van der Waals surface area contributed by atoms with Crippen LogP contribution in [0.2, 0.25) is 0 Å².